The Balaban J connectivity index is 0.00000312. The zero-order valence-corrected chi connectivity index (χ0v) is 16.1. The van der Waals surface area contributed by atoms with Gasteiger partial charge in [-0.05, 0) is 31.5 Å². The topological polar surface area (TPSA) is 62.5 Å². The summed E-state index contributed by atoms with van der Waals surface area (Å²) in [5.41, 5.74) is 0.522. The number of nitrogens with zero attached hydrogens (tertiary/aromatic N) is 2. The summed E-state index contributed by atoms with van der Waals surface area (Å²) in [6.07, 6.45) is -2.91. The first-order valence-electron chi connectivity index (χ1n) is 7.51. The first kappa shape index (κ1) is 21.3. The van der Waals surface area contributed by atoms with E-state index in [0.717, 1.165) is 12.1 Å². The van der Waals surface area contributed by atoms with Crippen molar-refractivity contribution < 1.29 is 17.7 Å². The second-order valence-electron chi connectivity index (χ2n) is 5.18. The van der Waals surface area contributed by atoms with Crippen molar-refractivity contribution in [2.75, 3.05) is 6.54 Å². The highest BCUT2D eigenvalue weighted by molar-refractivity contribution is 14.0. The van der Waals surface area contributed by atoms with Gasteiger partial charge in [0, 0.05) is 12.6 Å². The molecule has 1 atom stereocenters. The number of hydrogen-bond donors (Lipinski definition) is 2. The van der Waals surface area contributed by atoms with Crippen molar-refractivity contribution >= 4 is 29.9 Å². The Bertz CT molecular complexity index is 674. The quantitative estimate of drug-likeness (QED) is 0.394. The molecule has 0 aliphatic heterocycles. The molecular weight excluding hydrogens is 448 g/mol. The van der Waals surface area contributed by atoms with Crippen LogP contribution < -0.4 is 10.6 Å². The van der Waals surface area contributed by atoms with Gasteiger partial charge in [0.25, 0.3) is 0 Å². The van der Waals surface area contributed by atoms with Crippen LogP contribution in [0.2, 0.25) is 0 Å². The largest absolute Gasteiger partial charge is 0.416 e. The minimum atomic E-state index is -4.36. The summed E-state index contributed by atoms with van der Waals surface area (Å²) in [5, 5.41) is 9.90. The molecule has 5 nitrogen and oxygen atoms in total. The Kier molecular flexibility index (Phi) is 8.20. The van der Waals surface area contributed by atoms with Gasteiger partial charge in [-0.15, -0.1) is 24.0 Å². The lowest BCUT2D eigenvalue weighted by molar-refractivity contribution is -0.137. The molecule has 1 aromatic carbocycles. The van der Waals surface area contributed by atoms with Gasteiger partial charge in [0.05, 0.1) is 18.2 Å². The van der Waals surface area contributed by atoms with Crippen LogP contribution in [0.15, 0.2) is 46.1 Å². The first-order valence-corrected chi connectivity index (χ1v) is 7.51. The van der Waals surface area contributed by atoms with Crippen LogP contribution >= 0.6 is 24.0 Å². The summed E-state index contributed by atoms with van der Waals surface area (Å²) in [6.45, 7) is 4.61. The molecular formula is C16H20F3IN4O. The third-order valence-electron chi connectivity index (χ3n) is 3.30. The maximum absolute atomic E-state index is 12.8. The molecule has 0 fully saturated rings. The summed E-state index contributed by atoms with van der Waals surface area (Å²) < 4.78 is 43.2. The molecule has 2 rings (SSSR count). The molecule has 0 saturated carbocycles. The monoisotopic (exact) mass is 468 g/mol. The average molecular weight is 468 g/mol. The van der Waals surface area contributed by atoms with E-state index in [9.17, 15) is 13.2 Å². The fraction of sp³-hybridized carbons (Fsp3) is 0.375. The van der Waals surface area contributed by atoms with Gasteiger partial charge in [-0.2, -0.15) is 13.2 Å². The highest BCUT2D eigenvalue weighted by Gasteiger charge is 2.30. The van der Waals surface area contributed by atoms with Crippen LogP contribution in [-0.4, -0.2) is 17.7 Å². The molecule has 2 aromatic rings. The highest BCUT2D eigenvalue weighted by atomic mass is 127. The zero-order valence-electron chi connectivity index (χ0n) is 13.8. The van der Waals surface area contributed by atoms with Gasteiger partial charge in [-0.25, -0.2) is 4.99 Å². The van der Waals surface area contributed by atoms with Crippen molar-refractivity contribution in [2.24, 2.45) is 4.99 Å². The lowest BCUT2D eigenvalue weighted by atomic mass is 10.1. The van der Waals surface area contributed by atoms with E-state index in [4.69, 9.17) is 4.52 Å². The van der Waals surface area contributed by atoms with Crippen LogP contribution in [0.25, 0.3) is 0 Å². The molecule has 1 aromatic heterocycles. The van der Waals surface area contributed by atoms with E-state index in [1.54, 1.807) is 19.1 Å². The normalized spacial score (nSPS) is 13.1. The van der Waals surface area contributed by atoms with Gasteiger partial charge >= 0.3 is 6.18 Å². The van der Waals surface area contributed by atoms with Gasteiger partial charge in [-0.3, -0.25) is 0 Å². The lowest BCUT2D eigenvalue weighted by Gasteiger charge is -2.19. The molecule has 9 heteroatoms. The number of aliphatic imine (C=N–C) groups is 1. The fourth-order valence-electron chi connectivity index (χ4n) is 2.07. The molecule has 0 radical (unpaired) electrons. The fourth-order valence-corrected chi connectivity index (χ4v) is 2.07. The van der Waals surface area contributed by atoms with Crippen molar-refractivity contribution in [3.63, 3.8) is 0 Å². The van der Waals surface area contributed by atoms with Crippen LogP contribution in [0.1, 0.15) is 36.7 Å². The van der Waals surface area contributed by atoms with Crippen molar-refractivity contribution in [3.05, 3.63) is 53.4 Å². The van der Waals surface area contributed by atoms with E-state index < -0.39 is 11.7 Å². The smallest absolute Gasteiger partial charge is 0.364 e. The molecule has 0 amide bonds. The summed E-state index contributed by atoms with van der Waals surface area (Å²) in [4.78, 5) is 4.34. The Morgan fingerprint density at radius 1 is 1.32 bits per heavy atom. The summed E-state index contributed by atoms with van der Waals surface area (Å²) in [7, 11) is 0. The van der Waals surface area contributed by atoms with Crippen LogP contribution in [0.3, 0.4) is 0 Å². The SMILES string of the molecule is CCNC(=NCc1ccon1)NC(C)c1cccc(C(F)(F)F)c1.I. The van der Waals surface area contributed by atoms with Gasteiger partial charge in [-0.1, -0.05) is 17.3 Å². The maximum atomic E-state index is 12.8. The number of aromatic nitrogens is 1. The third kappa shape index (κ3) is 6.56. The number of rotatable bonds is 5. The molecule has 0 spiro atoms. The second kappa shape index (κ2) is 9.64. The number of alkyl halides is 3. The highest BCUT2D eigenvalue weighted by Crippen LogP contribution is 2.30. The molecule has 0 aliphatic rings. The minimum absolute atomic E-state index is 0. The molecule has 25 heavy (non-hydrogen) atoms. The number of benzene rings is 1. The minimum Gasteiger partial charge on any atom is -0.364 e. The van der Waals surface area contributed by atoms with Crippen molar-refractivity contribution in [1.29, 1.82) is 0 Å². The molecule has 138 valence electrons. The van der Waals surface area contributed by atoms with Crippen LogP contribution in [0.4, 0.5) is 13.2 Å². The zero-order chi connectivity index (χ0) is 17.6. The van der Waals surface area contributed by atoms with Crippen molar-refractivity contribution in [2.45, 2.75) is 32.6 Å². The van der Waals surface area contributed by atoms with Crippen LogP contribution in [0.5, 0.6) is 0 Å². The number of halogens is 4. The molecule has 2 N–H and O–H groups in total. The Labute approximate surface area is 161 Å². The molecule has 1 heterocycles. The summed E-state index contributed by atoms with van der Waals surface area (Å²) in [5.74, 6) is 0.491. The summed E-state index contributed by atoms with van der Waals surface area (Å²) >= 11 is 0. The Morgan fingerprint density at radius 3 is 2.68 bits per heavy atom. The van der Waals surface area contributed by atoms with E-state index in [0.29, 0.717) is 30.3 Å². The van der Waals surface area contributed by atoms with E-state index in [1.807, 2.05) is 6.92 Å². The number of hydrogen-bond acceptors (Lipinski definition) is 3. The van der Waals surface area contributed by atoms with E-state index >= 15 is 0 Å². The van der Waals surface area contributed by atoms with Crippen LogP contribution in [-0.2, 0) is 12.7 Å². The van der Waals surface area contributed by atoms with Crippen molar-refractivity contribution in [1.82, 2.24) is 15.8 Å². The Morgan fingerprint density at radius 2 is 2.08 bits per heavy atom. The average Bonchev–Trinajstić information content (AvgIpc) is 3.05. The van der Waals surface area contributed by atoms with Crippen LogP contribution in [0, 0.1) is 0 Å². The van der Waals surface area contributed by atoms with Gasteiger partial charge in [0.1, 0.15) is 12.0 Å². The molecule has 1 unspecified atom stereocenters. The maximum Gasteiger partial charge on any atom is 0.416 e. The van der Waals surface area contributed by atoms with E-state index in [1.165, 1.54) is 12.3 Å². The predicted octanol–water partition coefficient (Wildman–Crippen LogP) is 4.13. The molecule has 0 saturated heterocycles. The number of nitrogens with one attached hydrogen (secondary N) is 2. The van der Waals surface area contributed by atoms with E-state index in [-0.39, 0.29) is 30.0 Å². The molecule has 0 bridgehead atoms. The van der Waals surface area contributed by atoms with Gasteiger partial charge in [0.2, 0.25) is 0 Å². The summed E-state index contributed by atoms with van der Waals surface area (Å²) in [6, 6.07) is 6.59. The third-order valence-corrected chi connectivity index (χ3v) is 3.30. The van der Waals surface area contributed by atoms with Gasteiger partial charge in [0.15, 0.2) is 5.96 Å². The van der Waals surface area contributed by atoms with Gasteiger partial charge < -0.3 is 15.2 Å². The second-order valence-corrected chi connectivity index (χ2v) is 5.18. The standard InChI is InChI=1S/C16H19F3N4O.HI/c1-3-20-15(21-10-14-7-8-24-23-14)22-11(2)12-5-4-6-13(9-12)16(17,18)19;/h4-9,11H,3,10H2,1-2H3,(H2,20,21,22);1H. The lowest BCUT2D eigenvalue weighted by Crippen LogP contribution is -2.38. The number of guanidine groups is 1. The predicted molar refractivity (Wildman–Crippen MR) is 99.7 cm³/mol. The van der Waals surface area contributed by atoms with E-state index in [2.05, 4.69) is 20.8 Å². The van der Waals surface area contributed by atoms with Crippen molar-refractivity contribution in [3.8, 4) is 0 Å². The first-order chi connectivity index (χ1) is 11.4. The Hall–Kier alpha value is -1.78. The molecule has 0 aliphatic carbocycles.